The van der Waals surface area contributed by atoms with E-state index in [9.17, 15) is 4.79 Å². The molecule has 2 heterocycles. The Morgan fingerprint density at radius 3 is 2.91 bits per heavy atom. The van der Waals surface area contributed by atoms with Crippen LogP contribution in [0, 0.1) is 6.92 Å². The molecule has 7 heteroatoms. The Kier molecular flexibility index (Phi) is 4.28. The van der Waals surface area contributed by atoms with Crippen LogP contribution < -0.4 is 10.1 Å². The number of anilines is 1. The number of nitrogens with one attached hydrogen (secondary N) is 1. The first-order chi connectivity index (χ1) is 11.2. The second-order valence-electron chi connectivity index (χ2n) is 4.81. The van der Waals surface area contributed by atoms with Crippen LogP contribution in [0.15, 0.2) is 55.1 Å². The summed E-state index contributed by atoms with van der Waals surface area (Å²) in [6, 6.07) is 11.0. The molecule has 0 radical (unpaired) electrons. The molecule has 1 N–H and O–H groups in total. The molecule has 0 atom stereocenters. The molecule has 0 aliphatic rings. The van der Waals surface area contributed by atoms with Gasteiger partial charge in [-0.25, -0.2) is 14.6 Å². The maximum absolute atomic E-state index is 12.0. The molecule has 0 aliphatic heterocycles. The van der Waals surface area contributed by atoms with E-state index in [1.54, 1.807) is 29.2 Å². The second-order valence-corrected chi connectivity index (χ2v) is 4.81. The molecule has 0 bridgehead atoms. The van der Waals surface area contributed by atoms with Crippen molar-refractivity contribution in [2.75, 3.05) is 11.9 Å². The van der Waals surface area contributed by atoms with E-state index < -0.39 is 0 Å². The fourth-order valence-electron chi connectivity index (χ4n) is 1.99. The van der Waals surface area contributed by atoms with Gasteiger partial charge in [0.15, 0.2) is 12.4 Å². The first kappa shape index (κ1) is 14.7. The zero-order valence-corrected chi connectivity index (χ0v) is 12.5. The molecule has 3 rings (SSSR count). The molecule has 1 aromatic carbocycles. The van der Waals surface area contributed by atoms with E-state index >= 15 is 0 Å². The van der Waals surface area contributed by atoms with Gasteiger partial charge in [-0.3, -0.25) is 4.79 Å². The number of ether oxygens (including phenoxy) is 1. The van der Waals surface area contributed by atoms with Crippen LogP contribution in [-0.4, -0.2) is 32.3 Å². The number of nitrogens with zero attached hydrogens (tertiary/aromatic N) is 4. The minimum absolute atomic E-state index is 0.0913. The largest absolute Gasteiger partial charge is 0.483 e. The topological polar surface area (TPSA) is 81.9 Å². The first-order valence-corrected chi connectivity index (χ1v) is 7.03. The molecule has 0 fully saturated rings. The molecule has 0 aliphatic carbocycles. The van der Waals surface area contributed by atoms with Gasteiger partial charge in [0.2, 0.25) is 0 Å². The average Bonchev–Trinajstić information content (AvgIpc) is 3.09. The Labute approximate surface area is 133 Å². The number of carbonyl (C=O) groups is 1. The highest BCUT2D eigenvalue weighted by atomic mass is 16.5. The summed E-state index contributed by atoms with van der Waals surface area (Å²) in [5, 5.41) is 6.76. The number of hydrogen-bond donors (Lipinski definition) is 1. The quantitative estimate of drug-likeness (QED) is 0.779. The molecule has 3 aromatic rings. The van der Waals surface area contributed by atoms with Gasteiger partial charge >= 0.3 is 0 Å². The smallest absolute Gasteiger partial charge is 0.263 e. The SMILES string of the molecule is Cc1ccccc1OCC(=O)Nc1cc(-n2cccn2)ncn1. The third-order valence-corrected chi connectivity index (χ3v) is 3.11. The average molecular weight is 309 g/mol. The highest BCUT2D eigenvalue weighted by molar-refractivity contribution is 5.91. The van der Waals surface area contributed by atoms with E-state index in [4.69, 9.17) is 4.74 Å². The summed E-state index contributed by atoms with van der Waals surface area (Å²) in [4.78, 5) is 20.1. The molecule has 0 spiro atoms. The Morgan fingerprint density at radius 2 is 2.13 bits per heavy atom. The number of aryl methyl sites for hydroxylation is 1. The zero-order valence-electron chi connectivity index (χ0n) is 12.5. The van der Waals surface area contributed by atoms with Gasteiger partial charge in [-0.15, -0.1) is 0 Å². The normalized spacial score (nSPS) is 10.3. The van der Waals surface area contributed by atoms with Gasteiger partial charge in [-0.2, -0.15) is 5.10 Å². The summed E-state index contributed by atoms with van der Waals surface area (Å²) >= 11 is 0. The number of hydrogen-bond acceptors (Lipinski definition) is 5. The van der Waals surface area contributed by atoms with Gasteiger partial charge < -0.3 is 10.1 Å². The van der Waals surface area contributed by atoms with Crippen LogP contribution in [0.25, 0.3) is 5.82 Å². The Morgan fingerprint density at radius 1 is 1.26 bits per heavy atom. The predicted molar refractivity (Wildman–Crippen MR) is 84.5 cm³/mol. The standard InChI is InChI=1S/C16H15N5O2/c1-12-5-2-3-6-13(12)23-10-16(22)20-14-9-15(18-11-17-14)21-8-4-7-19-21/h2-9,11H,10H2,1H3,(H,17,18,20,22). The van der Waals surface area contributed by atoms with Crippen molar-refractivity contribution in [3.8, 4) is 11.6 Å². The molecule has 0 saturated carbocycles. The van der Waals surface area contributed by atoms with E-state index in [0.717, 1.165) is 5.56 Å². The molecule has 23 heavy (non-hydrogen) atoms. The lowest BCUT2D eigenvalue weighted by atomic mass is 10.2. The van der Waals surface area contributed by atoms with Crippen molar-refractivity contribution in [1.82, 2.24) is 19.7 Å². The molecular weight excluding hydrogens is 294 g/mol. The Bertz CT molecular complexity index is 802. The monoisotopic (exact) mass is 309 g/mol. The summed E-state index contributed by atoms with van der Waals surface area (Å²) in [5.41, 5.74) is 0.975. The van der Waals surface area contributed by atoms with Crippen LogP contribution in [0.4, 0.5) is 5.82 Å². The van der Waals surface area contributed by atoms with Crippen LogP contribution in [0.5, 0.6) is 5.75 Å². The lowest BCUT2D eigenvalue weighted by molar-refractivity contribution is -0.118. The van der Waals surface area contributed by atoms with Crippen molar-refractivity contribution in [3.05, 3.63) is 60.7 Å². The first-order valence-electron chi connectivity index (χ1n) is 7.03. The fraction of sp³-hybridized carbons (Fsp3) is 0.125. The number of aromatic nitrogens is 4. The third kappa shape index (κ3) is 3.70. The van der Waals surface area contributed by atoms with E-state index in [0.29, 0.717) is 17.4 Å². The van der Waals surface area contributed by atoms with Gasteiger partial charge in [0.05, 0.1) is 0 Å². The summed E-state index contributed by atoms with van der Waals surface area (Å²) in [7, 11) is 0. The van der Waals surface area contributed by atoms with Crippen molar-refractivity contribution in [3.63, 3.8) is 0 Å². The molecule has 2 aromatic heterocycles. The van der Waals surface area contributed by atoms with Gasteiger partial charge in [0.25, 0.3) is 5.91 Å². The van der Waals surface area contributed by atoms with Crippen LogP contribution in [-0.2, 0) is 4.79 Å². The van der Waals surface area contributed by atoms with Crippen LogP contribution in [0.3, 0.4) is 0 Å². The van der Waals surface area contributed by atoms with E-state index in [1.807, 2.05) is 31.2 Å². The van der Waals surface area contributed by atoms with Crippen molar-refractivity contribution >= 4 is 11.7 Å². The predicted octanol–water partition coefficient (Wildman–Crippen LogP) is 1.99. The maximum Gasteiger partial charge on any atom is 0.263 e. The molecule has 116 valence electrons. The number of para-hydroxylation sites is 1. The van der Waals surface area contributed by atoms with Crippen molar-refractivity contribution in [1.29, 1.82) is 0 Å². The summed E-state index contributed by atoms with van der Waals surface area (Å²) in [6.07, 6.45) is 4.78. The molecular formula is C16H15N5O2. The lowest BCUT2D eigenvalue weighted by Crippen LogP contribution is -2.21. The molecule has 0 saturated heterocycles. The highest BCUT2D eigenvalue weighted by Gasteiger charge is 2.07. The van der Waals surface area contributed by atoms with Crippen LogP contribution >= 0.6 is 0 Å². The Balaban J connectivity index is 1.62. The minimum Gasteiger partial charge on any atom is -0.483 e. The number of amides is 1. The van der Waals surface area contributed by atoms with Gasteiger partial charge in [0.1, 0.15) is 17.9 Å². The van der Waals surface area contributed by atoms with Gasteiger partial charge in [0, 0.05) is 18.5 Å². The van der Waals surface area contributed by atoms with E-state index in [1.165, 1.54) is 6.33 Å². The fourth-order valence-corrected chi connectivity index (χ4v) is 1.99. The summed E-state index contributed by atoms with van der Waals surface area (Å²) in [5.74, 6) is 1.35. The van der Waals surface area contributed by atoms with Crippen LogP contribution in [0.2, 0.25) is 0 Å². The summed E-state index contributed by atoms with van der Waals surface area (Å²) in [6.45, 7) is 1.83. The Hall–Kier alpha value is -3.22. The second kappa shape index (κ2) is 6.69. The van der Waals surface area contributed by atoms with Gasteiger partial charge in [-0.1, -0.05) is 18.2 Å². The third-order valence-electron chi connectivity index (χ3n) is 3.11. The molecule has 0 unspecified atom stereocenters. The zero-order chi connectivity index (χ0) is 16.1. The van der Waals surface area contributed by atoms with Crippen molar-refractivity contribution in [2.45, 2.75) is 6.92 Å². The maximum atomic E-state index is 12.0. The van der Waals surface area contributed by atoms with E-state index in [-0.39, 0.29) is 12.5 Å². The summed E-state index contributed by atoms with van der Waals surface area (Å²) < 4.78 is 7.08. The number of benzene rings is 1. The van der Waals surface area contributed by atoms with Gasteiger partial charge in [-0.05, 0) is 24.6 Å². The lowest BCUT2D eigenvalue weighted by Gasteiger charge is -2.09. The molecule has 1 amide bonds. The minimum atomic E-state index is -0.293. The molecule has 7 nitrogen and oxygen atoms in total. The van der Waals surface area contributed by atoms with E-state index in [2.05, 4.69) is 20.4 Å². The number of carbonyl (C=O) groups excluding carboxylic acids is 1. The van der Waals surface area contributed by atoms with Crippen molar-refractivity contribution < 1.29 is 9.53 Å². The van der Waals surface area contributed by atoms with Crippen LogP contribution in [0.1, 0.15) is 5.56 Å². The highest BCUT2D eigenvalue weighted by Crippen LogP contribution is 2.16. The number of rotatable bonds is 5. The van der Waals surface area contributed by atoms with Crippen molar-refractivity contribution in [2.24, 2.45) is 0 Å².